The highest BCUT2D eigenvalue weighted by Gasteiger charge is 2.50. The molecule has 1 aliphatic heterocycles. The topological polar surface area (TPSA) is 83.0 Å². The molecule has 0 saturated carbocycles. The minimum atomic E-state index is -5.26. The summed E-state index contributed by atoms with van der Waals surface area (Å²) in [6, 6.07) is 7.63. The molecule has 1 saturated heterocycles. The molecular weight excluding hydrogens is 409 g/mol. The molecule has 0 aromatic heterocycles. The van der Waals surface area contributed by atoms with Crippen LogP contribution in [0.1, 0.15) is 24.8 Å². The average molecular weight is 437 g/mol. The predicted molar refractivity (Wildman–Crippen MR) is 105 cm³/mol. The summed E-state index contributed by atoms with van der Waals surface area (Å²) in [6.45, 7) is 2.78. The molecule has 1 fully saturated rings. The summed E-state index contributed by atoms with van der Waals surface area (Å²) in [6.07, 6.45) is 1.27. The molecule has 1 heterocycles. The van der Waals surface area contributed by atoms with Crippen LogP contribution in [0.4, 0.5) is 13.2 Å². The zero-order chi connectivity index (χ0) is 21.5. The number of rotatable bonds is 7. The van der Waals surface area contributed by atoms with Crippen molar-refractivity contribution < 1.29 is 26.3 Å². The first-order valence-electron chi connectivity index (χ1n) is 9.36. The quantitative estimate of drug-likeness (QED) is 0.389. The van der Waals surface area contributed by atoms with Crippen LogP contribution in [0.25, 0.3) is 0 Å². The molecule has 164 valence electrons. The third kappa shape index (κ3) is 6.77. The summed E-state index contributed by atoms with van der Waals surface area (Å²) >= 11 is 0. The maximum absolute atomic E-state index is 12.6. The lowest BCUT2D eigenvalue weighted by atomic mass is 10.1. The fourth-order valence-corrected chi connectivity index (χ4v) is 3.86. The molecule has 2 N–H and O–H groups in total. The van der Waals surface area contributed by atoms with Crippen LogP contribution in [0, 0.1) is 6.92 Å². The minimum Gasteiger partial charge on any atom is -0.494 e. The number of hydrogen-bond acceptors (Lipinski definition) is 4. The first kappa shape index (κ1) is 23.3. The van der Waals surface area contributed by atoms with E-state index < -0.39 is 15.5 Å². The second-order valence-electron chi connectivity index (χ2n) is 6.78. The van der Waals surface area contributed by atoms with Crippen LogP contribution >= 0.6 is 0 Å². The van der Waals surface area contributed by atoms with Gasteiger partial charge in [-0.3, -0.25) is 4.99 Å². The van der Waals surface area contributed by atoms with Crippen molar-refractivity contribution in [2.75, 3.05) is 33.3 Å². The molecule has 0 unspecified atom stereocenters. The van der Waals surface area contributed by atoms with E-state index in [4.69, 9.17) is 4.74 Å². The maximum atomic E-state index is 12.6. The van der Waals surface area contributed by atoms with Crippen LogP contribution in [0.3, 0.4) is 0 Å². The van der Waals surface area contributed by atoms with Crippen LogP contribution in [0.15, 0.2) is 29.3 Å². The van der Waals surface area contributed by atoms with E-state index >= 15 is 0 Å². The SMILES string of the molecule is CN=C(NCCCOc1ccc(C)cc1)NC1CCN(S(=O)(=O)C(F)(F)F)CC1. The Balaban J connectivity index is 1.68. The largest absolute Gasteiger partial charge is 0.511 e. The highest BCUT2D eigenvalue weighted by Crippen LogP contribution is 2.28. The van der Waals surface area contributed by atoms with Gasteiger partial charge in [0.2, 0.25) is 0 Å². The molecule has 0 amide bonds. The standard InChI is InChI=1S/C18H27F3N4O3S/c1-14-4-6-16(7-5-14)28-13-3-10-23-17(22-2)24-15-8-11-25(12-9-15)29(26,27)18(19,20)21/h4-7,15H,3,8-13H2,1-2H3,(H2,22,23,24). The molecule has 29 heavy (non-hydrogen) atoms. The summed E-state index contributed by atoms with van der Waals surface area (Å²) in [7, 11) is -3.66. The van der Waals surface area contributed by atoms with Gasteiger partial charge in [0.15, 0.2) is 5.96 Å². The number of piperidine rings is 1. The Morgan fingerprint density at radius 2 is 1.86 bits per heavy atom. The summed E-state index contributed by atoms with van der Waals surface area (Å²) in [4.78, 5) is 4.10. The fourth-order valence-electron chi connectivity index (χ4n) is 2.88. The van der Waals surface area contributed by atoms with Crippen LogP contribution in [0.2, 0.25) is 0 Å². The van der Waals surface area contributed by atoms with Crippen molar-refractivity contribution >= 4 is 16.0 Å². The Hall–Kier alpha value is -2.01. The van der Waals surface area contributed by atoms with E-state index in [9.17, 15) is 21.6 Å². The number of aryl methyl sites for hydroxylation is 1. The molecule has 0 aliphatic carbocycles. The average Bonchev–Trinajstić information content (AvgIpc) is 2.67. The van der Waals surface area contributed by atoms with E-state index in [0.717, 1.165) is 17.7 Å². The Bertz CT molecular complexity index is 775. The fraction of sp³-hybridized carbons (Fsp3) is 0.611. The van der Waals surface area contributed by atoms with Crippen molar-refractivity contribution in [3.8, 4) is 5.75 Å². The van der Waals surface area contributed by atoms with Gasteiger partial charge in [-0.05, 0) is 38.3 Å². The number of nitrogens with zero attached hydrogens (tertiary/aromatic N) is 2. The van der Waals surface area contributed by atoms with Gasteiger partial charge in [0.25, 0.3) is 0 Å². The normalized spacial score (nSPS) is 17.2. The van der Waals surface area contributed by atoms with E-state index in [2.05, 4.69) is 15.6 Å². The van der Waals surface area contributed by atoms with Gasteiger partial charge in [-0.15, -0.1) is 0 Å². The zero-order valence-electron chi connectivity index (χ0n) is 16.5. The second kappa shape index (κ2) is 10.1. The van der Waals surface area contributed by atoms with Gasteiger partial charge in [-0.1, -0.05) is 17.7 Å². The Kier molecular flexibility index (Phi) is 8.14. The third-order valence-corrected chi connectivity index (χ3v) is 6.18. The number of sulfonamides is 1. The number of hydrogen-bond donors (Lipinski definition) is 2. The van der Waals surface area contributed by atoms with Crippen LogP contribution in [0.5, 0.6) is 5.75 Å². The lowest BCUT2D eigenvalue weighted by Crippen LogP contribution is -2.51. The van der Waals surface area contributed by atoms with E-state index in [1.807, 2.05) is 31.2 Å². The van der Waals surface area contributed by atoms with Gasteiger partial charge in [-0.25, -0.2) is 8.42 Å². The van der Waals surface area contributed by atoms with Gasteiger partial charge in [0.05, 0.1) is 6.61 Å². The molecule has 1 aromatic carbocycles. The molecule has 0 atom stereocenters. The van der Waals surface area contributed by atoms with Crippen molar-refractivity contribution in [2.45, 2.75) is 37.7 Å². The molecule has 7 nitrogen and oxygen atoms in total. The highest BCUT2D eigenvalue weighted by molar-refractivity contribution is 7.90. The number of nitrogens with one attached hydrogen (secondary N) is 2. The second-order valence-corrected chi connectivity index (χ2v) is 8.71. The van der Waals surface area contributed by atoms with Crippen molar-refractivity contribution in [3.63, 3.8) is 0 Å². The molecule has 0 bridgehead atoms. The summed E-state index contributed by atoms with van der Waals surface area (Å²) in [5.74, 6) is 1.33. The number of halogens is 3. The van der Waals surface area contributed by atoms with Crippen molar-refractivity contribution in [2.24, 2.45) is 4.99 Å². The number of benzene rings is 1. The van der Waals surface area contributed by atoms with Gasteiger partial charge in [0.1, 0.15) is 5.75 Å². The summed E-state index contributed by atoms with van der Waals surface area (Å²) < 4.78 is 66.9. The monoisotopic (exact) mass is 436 g/mol. The lowest BCUT2D eigenvalue weighted by Gasteiger charge is -2.32. The zero-order valence-corrected chi connectivity index (χ0v) is 17.3. The van der Waals surface area contributed by atoms with Crippen molar-refractivity contribution in [3.05, 3.63) is 29.8 Å². The first-order valence-corrected chi connectivity index (χ1v) is 10.8. The molecular formula is C18H27F3N4O3S. The minimum absolute atomic E-state index is 0.148. The number of ether oxygens (including phenoxy) is 1. The Morgan fingerprint density at radius 1 is 1.24 bits per heavy atom. The van der Waals surface area contributed by atoms with Crippen molar-refractivity contribution in [1.29, 1.82) is 0 Å². The molecule has 1 aliphatic rings. The smallest absolute Gasteiger partial charge is 0.494 e. The van der Waals surface area contributed by atoms with Crippen LogP contribution < -0.4 is 15.4 Å². The number of aliphatic imine (C=N–C) groups is 1. The number of alkyl halides is 3. The molecule has 1 aromatic rings. The number of guanidine groups is 1. The molecule has 2 rings (SSSR count). The van der Waals surface area contributed by atoms with Crippen LogP contribution in [-0.4, -0.2) is 63.5 Å². The third-order valence-electron chi connectivity index (χ3n) is 4.55. The first-order chi connectivity index (χ1) is 13.6. The van der Waals surface area contributed by atoms with Crippen molar-refractivity contribution in [1.82, 2.24) is 14.9 Å². The van der Waals surface area contributed by atoms with E-state index in [0.29, 0.717) is 23.4 Å². The van der Waals surface area contributed by atoms with Gasteiger partial charge in [-0.2, -0.15) is 17.5 Å². The molecule has 0 spiro atoms. The summed E-state index contributed by atoms with van der Waals surface area (Å²) in [5.41, 5.74) is -4.10. The van der Waals surface area contributed by atoms with Crippen LogP contribution in [-0.2, 0) is 10.0 Å². The van der Waals surface area contributed by atoms with E-state index in [1.54, 1.807) is 7.05 Å². The predicted octanol–water partition coefficient (Wildman–Crippen LogP) is 2.24. The Morgan fingerprint density at radius 3 is 2.41 bits per heavy atom. The molecule has 11 heteroatoms. The highest BCUT2D eigenvalue weighted by atomic mass is 32.2. The van der Waals surface area contributed by atoms with E-state index in [-0.39, 0.29) is 32.0 Å². The van der Waals surface area contributed by atoms with E-state index in [1.165, 1.54) is 0 Å². The molecule has 0 radical (unpaired) electrons. The van der Waals surface area contributed by atoms with Gasteiger partial charge < -0.3 is 15.4 Å². The lowest BCUT2D eigenvalue weighted by molar-refractivity contribution is -0.0494. The van der Waals surface area contributed by atoms with Gasteiger partial charge in [0, 0.05) is 32.7 Å². The van der Waals surface area contributed by atoms with Gasteiger partial charge >= 0.3 is 15.5 Å². The Labute approximate surface area is 169 Å². The summed E-state index contributed by atoms with van der Waals surface area (Å²) in [5, 5.41) is 6.25. The maximum Gasteiger partial charge on any atom is 0.511 e.